The Hall–Kier alpha value is -0.0800. The van der Waals surface area contributed by atoms with Crippen molar-refractivity contribution in [2.24, 2.45) is 11.7 Å². The molecular formula is C14H30N2. The maximum absolute atomic E-state index is 6.45. The van der Waals surface area contributed by atoms with Crippen LogP contribution in [-0.4, -0.2) is 29.6 Å². The van der Waals surface area contributed by atoms with Crippen molar-refractivity contribution in [3.05, 3.63) is 0 Å². The molecule has 0 saturated carbocycles. The van der Waals surface area contributed by atoms with Gasteiger partial charge in [0.1, 0.15) is 0 Å². The highest BCUT2D eigenvalue weighted by atomic mass is 15.2. The van der Waals surface area contributed by atoms with Gasteiger partial charge in [-0.2, -0.15) is 0 Å². The Labute approximate surface area is 102 Å². The van der Waals surface area contributed by atoms with Crippen molar-refractivity contribution >= 4 is 0 Å². The molecule has 2 N–H and O–H groups in total. The van der Waals surface area contributed by atoms with Crippen molar-refractivity contribution in [3.63, 3.8) is 0 Å². The van der Waals surface area contributed by atoms with Crippen LogP contribution in [0.4, 0.5) is 0 Å². The molecule has 2 heteroatoms. The Kier molecular flexibility index (Phi) is 5.26. The average molecular weight is 226 g/mol. The molecule has 0 aliphatic carbocycles. The van der Waals surface area contributed by atoms with Gasteiger partial charge in [-0.25, -0.2) is 0 Å². The first kappa shape index (κ1) is 14.0. The SMILES string of the molecule is CCC(C)C(N)C(C)(C)N1CCCCCC1. The summed E-state index contributed by atoms with van der Waals surface area (Å²) >= 11 is 0. The lowest BCUT2D eigenvalue weighted by Gasteiger charge is -2.44. The van der Waals surface area contributed by atoms with E-state index in [0.717, 1.165) is 0 Å². The van der Waals surface area contributed by atoms with Crippen molar-refractivity contribution in [3.8, 4) is 0 Å². The predicted molar refractivity (Wildman–Crippen MR) is 71.6 cm³/mol. The number of rotatable bonds is 4. The number of likely N-dealkylation sites (tertiary alicyclic amines) is 1. The topological polar surface area (TPSA) is 29.3 Å². The third-order valence-electron chi connectivity index (χ3n) is 4.49. The van der Waals surface area contributed by atoms with E-state index in [4.69, 9.17) is 5.73 Å². The van der Waals surface area contributed by atoms with Gasteiger partial charge in [-0.05, 0) is 45.7 Å². The molecule has 1 fully saturated rings. The highest BCUT2D eigenvalue weighted by Crippen LogP contribution is 2.26. The van der Waals surface area contributed by atoms with Crippen LogP contribution in [0.3, 0.4) is 0 Å². The molecule has 1 rings (SSSR count). The van der Waals surface area contributed by atoms with Crippen LogP contribution in [0.15, 0.2) is 0 Å². The minimum Gasteiger partial charge on any atom is -0.326 e. The molecular weight excluding hydrogens is 196 g/mol. The van der Waals surface area contributed by atoms with Gasteiger partial charge in [0.15, 0.2) is 0 Å². The first-order chi connectivity index (χ1) is 7.50. The fourth-order valence-electron chi connectivity index (χ4n) is 2.81. The molecule has 0 aromatic rings. The van der Waals surface area contributed by atoms with Crippen molar-refractivity contribution < 1.29 is 0 Å². The first-order valence-electron chi connectivity index (χ1n) is 7.00. The zero-order valence-corrected chi connectivity index (χ0v) is 11.6. The summed E-state index contributed by atoms with van der Waals surface area (Å²) in [5, 5.41) is 0. The van der Waals surface area contributed by atoms with Gasteiger partial charge in [-0.15, -0.1) is 0 Å². The van der Waals surface area contributed by atoms with Crippen LogP contribution in [0, 0.1) is 5.92 Å². The quantitative estimate of drug-likeness (QED) is 0.798. The van der Waals surface area contributed by atoms with E-state index in [1.54, 1.807) is 0 Å². The molecule has 0 spiro atoms. The molecule has 0 aromatic carbocycles. The molecule has 96 valence electrons. The smallest absolute Gasteiger partial charge is 0.0306 e. The van der Waals surface area contributed by atoms with E-state index in [0.29, 0.717) is 5.92 Å². The summed E-state index contributed by atoms with van der Waals surface area (Å²) in [5.41, 5.74) is 6.60. The van der Waals surface area contributed by atoms with E-state index in [-0.39, 0.29) is 11.6 Å². The van der Waals surface area contributed by atoms with Crippen molar-refractivity contribution in [2.75, 3.05) is 13.1 Å². The van der Waals surface area contributed by atoms with Gasteiger partial charge in [-0.1, -0.05) is 33.1 Å². The molecule has 0 amide bonds. The van der Waals surface area contributed by atoms with Crippen LogP contribution < -0.4 is 5.73 Å². The fourth-order valence-corrected chi connectivity index (χ4v) is 2.81. The minimum atomic E-state index is 0.153. The fraction of sp³-hybridized carbons (Fsp3) is 1.00. The summed E-state index contributed by atoms with van der Waals surface area (Å²) in [6.07, 6.45) is 6.65. The van der Waals surface area contributed by atoms with Gasteiger partial charge in [0.05, 0.1) is 0 Å². The average Bonchev–Trinajstić information content (AvgIpc) is 2.55. The second-order valence-corrected chi connectivity index (χ2v) is 5.97. The highest BCUT2D eigenvalue weighted by molar-refractivity contribution is 4.94. The van der Waals surface area contributed by atoms with Crippen molar-refractivity contribution in [1.82, 2.24) is 4.90 Å². The minimum absolute atomic E-state index is 0.153. The van der Waals surface area contributed by atoms with Gasteiger partial charge >= 0.3 is 0 Å². The molecule has 2 unspecified atom stereocenters. The van der Waals surface area contributed by atoms with Crippen molar-refractivity contribution in [1.29, 1.82) is 0 Å². The first-order valence-corrected chi connectivity index (χ1v) is 7.00. The van der Waals surface area contributed by atoms with Gasteiger partial charge in [0.2, 0.25) is 0 Å². The van der Waals surface area contributed by atoms with Crippen LogP contribution in [0.2, 0.25) is 0 Å². The van der Waals surface area contributed by atoms with Gasteiger partial charge in [0, 0.05) is 11.6 Å². The van der Waals surface area contributed by atoms with E-state index in [9.17, 15) is 0 Å². The molecule has 0 radical (unpaired) electrons. The van der Waals surface area contributed by atoms with E-state index >= 15 is 0 Å². The third kappa shape index (κ3) is 3.21. The summed E-state index contributed by atoms with van der Waals surface area (Å²) in [5.74, 6) is 0.609. The van der Waals surface area contributed by atoms with Crippen molar-refractivity contribution in [2.45, 2.75) is 71.4 Å². The Morgan fingerprint density at radius 2 is 1.62 bits per heavy atom. The van der Waals surface area contributed by atoms with Crippen LogP contribution in [-0.2, 0) is 0 Å². The van der Waals surface area contributed by atoms with E-state index in [1.807, 2.05) is 0 Å². The van der Waals surface area contributed by atoms with Crippen LogP contribution >= 0.6 is 0 Å². The normalized spacial score (nSPS) is 23.8. The Bertz CT molecular complexity index is 193. The lowest BCUT2D eigenvalue weighted by molar-refractivity contribution is 0.0777. The zero-order chi connectivity index (χ0) is 12.2. The number of hydrogen-bond donors (Lipinski definition) is 1. The van der Waals surface area contributed by atoms with E-state index < -0.39 is 0 Å². The summed E-state index contributed by atoms with van der Waals surface area (Å²) < 4.78 is 0. The number of nitrogens with two attached hydrogens (primary N) is 1. The molecule has 16 heavy (non-hydrogen) atoms. The van der Waals surface area contributed by atoms with Gasteiger partial charge in [0.25, 0.3) is 0 Å². The Balaban J connectivity index is 2.65. The molecule has 0 bridgehead atoms. The maximum Gasteiger partial charge on any atom is 0.0306 e. The second-order valence-electron chi connectivity index (χ2n) is 5.97. The molecule has 0 aromatic heterocycles. The summed E-state index contributed by atoms with van der Waals surface area (Å²) in [6.45, 7) is 11.6. The standard InChI is InChI=1S/C14H30N2/c1-5-12(2)13(15)14(3,4)16-10-8-6-7-9-11-16/h12-13H,5-11,15H2,1-4H3. The van der Waals surface area contributed by atoms with Crippen LogP contribution in [0.1, 0.15) is 59.8 Å². The van der Waals surface area contributed by atoms with E-state index in [1.165, 1.54) is 45.2 Å². The summed E-state index contributed by atoms with van der Waals surface area (Å²) in [4.78, 5) is 2.62. The van der Waals surface area contributed by atoms with E-state index in [2.05, 4.69) is 32.6 Å². The molecule has 2 nitrogen and oxygen atoms in total. The number of hydrogen-bond acceptors (Lipinski definition) is 2. The van der Waals surface area contributed by atoms with Crippen LogP contribution in [0.25, 0.3) is 0 Å². The lowest BCUT2D eigenvalue weighted by atomic mass is 9.83. The molecule has 1 heterocycles. The largest absolute Gasteiger partial charge is 0.326 e. The van der Waals surface area contributed by atoms with Gasteiger partial charge < -0.3 is 5.73 Å². The zero-order valence-electron chi connectivity index (χ0n) is 11.6. The van der Waals surface area contributed by atoms with Crippen LogP contribution in [0.5, 0.6) is 0 Å². The third-order valence-corrected chi connectivity index (χ3v) is 4.49. The molecule has 1 aliphatic heterocycles. The predicted octanol–water partition coefficient (Wildman–Crippen LogP) is 3.01. The summed E-state index contributed by atoms with van der Waals surface area (Å²) in [7, 11) is 0. The Morgan fingerprint density at radius 3 is 2.06 bits per heavy atom. The highest BCUT2D eigenvalue weighted by Gasteiger charge is 2.35. The summed E-state index contributed by atoms with van der Waals surface area (Å²) in [6, 6.07) is 0.288. The number of nitrogens with zero attached hydrogens (tertiary/aromatic N) is 1. The molecule has 1 saturated heterocycles. The molecule has 2 atom stereocenters. The van der Waals surface area contributed by atoms with Gasteiger partial charge in [-0.3, -0.25) is 4.90 Å². The lowest BCUT2D eigenvalue weighted by Crippen LogP contribution is -2.58. The maximum atomic E-state index is 6.45. The second kappa shape index (κ2) is 6.02. The monoisotopic (exact) mass is 226 g/mol. The molecule has 1 aliphatic rings. The Morgan fingerprint density at radius 1 is 1.12 bits per heavy atom.